The van der Waals surface area contributed by atoms with Gasteiger partial charge in [0.05, 0.1) is 6.54 Å². The molecule has 1 aromatic carbocycles. The standard InChI is InChI=1S/C13H13NO/c1-2-9-14-10-5-8-13(15)11-6-3-4-7-12(11)14/h1,3-4,6-7H,5,8-10H2. The smallest absolute Gasteiger partial charge is 0.165 e. The second kappa shape index (κ2) is 4.18. The third-order valence-electron chi connectivity index (χ3n) is 2.66. The van der Waals surface area contributed by atoms with Gasteiger partial charge in [-0.25, -0.2) is 0 Å². The number of para-hydroxylation sites is 1. The molecule has 0 fully saturated rings. The van der Waals surface area contributed by atoms with E-state index in [2.05, 4.69) is 10.8 Å². The summed E-state index contributed by atoms with van der Waals surface area (Å²) in [5.41, 5.74) is 1.79. The van der Waals surface area contributed by atoms with Gasteiger partial charge in [0.1, 0.15) is 0 Å². The monoisotopic (exact) mass is 199 g/mol. The Morgan fingerprint density at radius 2 is 2.20 bits per heavy atom. The molecule has 0 saturated heterocycles. The molecule has 1 aliphatic rings. The third-order valence-corrected chi connectivity index (χ3v) is 2.66. The Balaban J connectivity index is 2.43. The average molecular weight is 199 g/mol. The summed E-state index contributed by atoms with van der Waals surface area (Å²) in [5.74, 6) is 2.86. The van der Waals surface area contributed by atoms with Crippen molar-refractivity contribution >= 4 is 11.5 Å². The molecule has 2 heteroatoms. The third kappa shape index (κ3) is 1.87. The van der Waals surface area contributed by atoms with Crippen LogP contribution in [-0.2, 0) is 0 Å². The first-order valence-corrected chi connectivity index (χ1v) is 5.13. The number of anilines is 1. The number of carbonyl (C=O) groups is 1. The summed E-state index contributed by atoms with van der Waals surface area (Å²) in [6.07, 6.45) is 6.83. The maximum absolute atomic E-state index is 11.8. The highest BCUT2D eigenvalue weighted by atomic mass is 16.1. The van der Waals surface area contributed by atoms with Crippen molar-refractivity contribution in [1.29, 1.82) is 0 Å². The quantitative estimate of drug-likeness (QED) is 0.645. The summed E-state index contributed by atoms with van der Waals surface area (Å²) in [5, 5.41) is 0. The minimum atomic E-state index is 0.227. The zero-order chi connectivity index (χ0) is 10.7. The first-order valence-electron chi connectivity index (χ1n) is 5.13. The van der Waals surface area contributed by atoms with Gasteiger partial charge in [-0.3, -0.25) is 4.79 Å². The molecule has 0 atom stereocenters. The van der Waals surface area contributed by atoms with Crippen LogP contribution in [0.2, 0.25) is 0 Å². The molecule has 0 unspecified atom stereocenters. The molecule has 1 heterocycles. The van der Waals surface area contributed by atoms with Crippen LogP contribution < -0.4 is 4.90 Å². The SMILES string of the molecule is C#CCN1CCCC(=O)c2ccccc21. The number of carbonyl (C=O) groups excluding carboxylic acids is 1. The zero-order valence-electron chi connectivity index (χ0n) is 8.57. The average Bonchev–Trinajstić information content (AvgIpc) is 2.41. The Bertz CT molecular complexity index is 417. The predicted octanol–water partition coefficient (Wildman–Crippen LogP) is 2.10. The van der Waals surface area contributed by atoms with Crippen LogP contribution in [0.15, 0.2) is 24.3 Å². The second-order valence-electron chi connectivity index (χ2n) is 3.67. The van der Waals surface area contributed by atoms with Crippen LogP contribution in [0.1, 0.15) is 23.2 Å². The van der Waals surface area contributed by atoms with Crippen molar-refractivity contribution < 1.29 is 4.79 Å². The molecule has 0 aliphatic carbocycles. The molecule has 2 nitrogen and oxygen atoms in total. The van der Waals surface area contributed by atoms with Crippen molar-refractivity contribution in [2.24, 2.45) is 0 Å². The molecule has 76 valence electrons. The summed E-state index contributed by atoms with van der Waals surface area (Å²) in [4.78, 5) is 13.9. The van der Waals surface area contributed by atoms with Gasteiger partial charge < -0.3 is 4.90 Å². The molecule has 0 saturated carbocycles. The Kier molecular flexibility index (Phi) is 2.73. The lowest BCUT2D eigenvalue weighted by Gasteiger charge is -2.21. The fourth-order valence-electron chi connectivity index (χ4n) is 1.95. The van der Waals surface area contributed by atoms with Gasteiger partial charge in [0.25, 0.3) is 0 Å². The van der Waals surface area contributed by atoms with E-state index in [0.717, 1.165) is 24.2 Å². The van der Waals surface area contributed by atoms with Gasteiger partial charge in [-0.1, -0.05) is 18.1 Å². The molecule has 1 aromatic rings. The van der Waals surface area contributed by atoms with Crippen molar-refractivity contribution in [1.82, 2.24) is 0 Å². The molecule has 0 amide bonds. The molecule has 0 bridgehead atoms. The van der Waals surface area contributed by atoms with Crippen LogP contribution in [0, 0.1) is 12.3 Å². The lowest BCUT2D eigenvalue weighted by Crippen LogP contribution is -2.24. The van der Waals surface area contributed by atoms with Crippen molar-refractivity contribution in [3.8, 4) is 12.3 Å². The van der Waals surface area contributed by atoms with Gasteiger partial charge in [0, 0.05) is 24.2 Å². The number of fused-ring (bicyclic) bond motifs is 1. The van der Waals surface area contributed by atoms with E-state index < -0.39 is 0 Å². The lowest BCUT2D eigenvalue weighted by molar-refractivity contribution is 0.0984. The topological polar surface area (TPSA) is 20.3 Å². The number of ketones is 1. The first kappa shape index (κ1) is 9.79. The lowest BCUT2D eigenvalue weighted by atomic mass is 10.1. The number of hydrogen-bond acceptors (Lipinski definition) is 2. The zero-order valence-corrected chi connectivity index (χ0v) is 8.57. The van der Waals surface area contributed by atoms with Crippen molar-refractivity contribution in [3.05, 3.63) is 29.8 Å². The molecule has 1 aliphatic heterocycles. The van der Waals surface area contributed by atoms with E-state index in [1.807, 2.05) is 24.3 Å². The van der Waals surface area contributed by atoms with Gasteiger partial charge in [0.15, 0.2) is 5.78 Å². The van der Waals surface area contributed by atoms with E-state index >= 15 is 0 Å². The summed E-state index contributed by atoms with van der Waals surface area (Å²) < 4.78 is 0. The van der Waals surface area contributed by atoms with Crippen molar-refractivity contribution in [3.63, 3.8) is 0 Å². The van der Waals surface area contributed by atoms with Gasteiger partial charge in [-0.15, -0.1) is 6.42 Å². The molecular weight excluding hydrogens is 186 g/mol. The number of terminal acetylenes is 1. The van der Waals surface area contributed by atoms with E-state index in [1.165, 1.54) is 0 Å². The second-order valence-corrected chi connectivity index (χ2v) is 3.67. The summed E-state index contributed by atoms with van der Waals surface area (Å²) >= 11 is 0. The summed E-state index contributed by atoms with van der Waals surface area (Å²) in [6.45, 7) is 1.44. The number of rotatable bonds is 1. The molecule has 0 aromatic heterocycles. The van der Waals surface area contributed by atoms with Crippen LogP contribution in [0.25, 0.3) is 0 Å². The number of nitrogens with zero attached hydrogens (tertiary/aromatic N) is 1. The largest absolute Gasteiger partial charge is 0.360 e. The van der Waals surface area contributed by atoms with E-state index in [0.29, 0.717) is 13.0 Å². The van der Waals surface area contributed by atoms with E-state index in [-0.39, 0.29) is 5.78 Å². The Morgan fingerprint density at radius 3 is 3.00 bits per heavy atom. The maximum Gasteiger partial charge on any atom is 0.165 e. The van der Waals surface area contributed by atoms with Gasteiger partial charge in [0.2, 0.25) is 0 Å². The maximum atomic E-state index is 11.8. The van der Waals surface area contributed by atoms with E-state index in [4.69, 9.17) is 6.42 Å². The highest BCUT2D eigenvalue weighted by Gasteiger charge is 2.19. The molecule has 2 rings (SSSR count). The number of hydrogen-bond donors (Lipinski definition) is 0. The predicted molar refractivity (Wildman–Crippen MR) is 61.1 cm³/mol. The Morgan fingerprint density at radius 1 is 1.40 bits per heavy atom. The Labute approximate surface area is 89.9 Å². The molecule has 0 radical (unpaired) electrons. The summed E-state index contributed by atoms with van der Waals surface area (Å²) in [7, 11) is 0. The molecule has 15 heavy (non-hydrogen) atoms. The van der Waals surface area contributed by atoms with Crippen LogP contribution in [0.4, 0.5) is 5.69 Å². The van der Waals surface area contributed by atoms with Gasteiger partial charge in [-0.2, -0.15) is 0 Å². The van der Waals surface area contributed by atoms with Crippen LogP contribution in [0.3, 0.4) is 0 Å². The fraction of sp³-hybridized carbons (Fsp3) is 0.308. The highest BCUT2D eigenvalue weighted by molar-refractivity contribution is 6.01. The molecular formula is C13H13NO. The first-order chi connectivity index (χ1) is 7.33. The molecule has 0 spiro atoms. The normalized spacial score (nSPS) is 15.4. The van der Waals surface area contributed by atoms with Crippen LogP contribution in [-0.4, -0.2) is 18.9 Å². The van der Waals surface area contributed by atoms with Gasteiger partial charge >= 0.3 is 0 Å². The van der Waals surface area contributed by atoms with Gasteiger partial charge in [-0.05, 0) is 18.6 Å². The van der Waals surface area contributed by atoms with E-state index in [1.54, 1.807) is 0 Å². The van der Waals surface area contributed by atoms with Crippen LogP contribution >= 0.6 is 0 Å². The number of Topliss-reactive ketones (excluding diaryl/α,β-unsaturated/α-hetero) is 1. The summed E-state index contributed by atoms with van der Waals surface area (Å²) in [6, 6.07) is 7.69. The van der Waals surface area contributed by atoms with Crippen molar-refractivity contribution in [2.75, 3.05) is 18.0 Å². The fourth-order valence-corrected chi connectivity index (χ4v) is 1.95. The minimum Gasteiger partial charge on any atom is -0.360 e. The molecule has 0 N–H and O–H groups in total. The van der Waals surface area contributed by atoms with Crippen LogP contribution in [0.5, 0.6) is 0 Å². The van der Waals surface area contributed by atoms with E-state index in [9.17, 15) is 4.79 Å². The van der Waals surface area contributed by atoms with Crippen molar-refractivity contribution in [2.45, 2.75) is 12.8 Å². The Hall–Kier alpha value is -1.75. The number of benzene rings is 1. The highest BCUT2D eigenvalue weighted by Crippen LogP contribution is 2.25. The minimum absolute atomic E-state index is 0.227.